The van der Waals surface area contributed by atoms with Crippen LogP contribution in [0.15, 0.2) is 31.2 Å². The molecule has 278 valence electrons. The van der Waals surface area contributed by atoms with Gasteiger partial charge in [0, 0.05) is 37.6 Å². The zero-order valence-electron chi connectivity index (χ0n) is 29.9. The Hall–Kier alpha value is -4.36. The van der Waals surface area contributed by atoms with Gasteiger partial charge in [-0.25, -0.2) is 4.98 Å². The van der Waals surface area contributed by atoms with Crippen LogP contribution in [0.3, 0.4) is 0 Å². The molecule has 1 aromatic heterocycles. The summed E-state index contributed by atoms with van der Waals surface area (Å²) in [5, 5.41) is 14.5. The van der Waals surface area contributed by atoms with Crippen molar-refractivity contribution in [3.63, 3.8) is 0 Å². The van der Waals surface area contributed by atoms with Crippen molar-refractivity contribution in [3.05, 3.63) is 36.9 Å². The van der Waals surface area contributed by atoms with Crippen molar-refractivity contribution in [2.24, 2.45) is 23.7 Å². The summed E-state index contributed by atoms with van der Waals surface area (Å²) in [7, 11) is 0. The number of hydrogen-bond donors (Lipinski definition) is 5. The summed E-state index contributed by atoms with van der Waals surface area (Å²) < 4.78 is 0. The third kappa shape index (κ3) is 9.70. The summed E-state index contributed by atoms with van der Waals surface area (Å²) in [6.07, 6.45) is 15.4. The van der Waals surface area contributed by atoms with Gasteiger partial charge in [0.15, 0.2) is 0 Å². The van der Waals surface area contributed by atoms with E-state index in [0.717, 1.165) is 76.7 Å². The standard InChI is InChI=1S/C37H54N8O6/c1-4-10-27(22(3)33(47)41-25-15-16-25)42-36(50)32-26-14-9-13-24(26)21-45(32)37(51)29(20-40-30(46)5-2)43-35(49)31(23-11-7-6-8-12-23)44-34(48)28-19-38-17-18-39-28/h5,17-19,22-27,29,31-32H,2,4,6-16,20-21H2,1,3H3,(H,40,46)(H,41,47)(H,42,50)(H,43,49)(H,44,48)/t22-,24+,26+,27+,29+,31+,32?/m1/s1. The van der Waals surface area contributed by atoms with Gasteiger partial charge in [-0.05, 0) is 68.8 Å². The van der Waals surface area contributed by atoms with E-state index >= 15 is 0 Å². The molecule has 1 saturated heterocycles. The molecule has 7 atom stereocenters. The molecule has 3 saturated carbocycles. The highest BCUT2D eigenvalue weighted by atomic mass is 16.2. The van der Waals surface area contributed by atoms with Crippen molar-refractivity contribution in [1.29, 1.82) is 0 Å². The molecule has 1 aliphatic heterocycles. The van der Waals surface area contributed by atoms with Crippen LogP contribution in [-0.2, 0) is 24.0 Å². The molecule has 2 heterocycles. The van der Waals surface area contributed by atoms with Crippen LogP contribution in [0, 0.1) is 23.7 Å². The fourth-order valence-electron chi connectivity index (χ4n) is 8.07. The highest BCUT2D eigenvalue weighted by Gasteiger charge is 2.51. The van der Waals surface area contributed by atoms with Crippen molar-refractivity contribution < 1.29 is 28.8 Å². The van der Waals surface area contributed by atoms with Gasteiger partial charge < -0.3 is 31.5 Å². The van der Waals surface area contributed by atoms with Gasteiger partial charge in [-0.1, -0.05) is 52.5 Å². The molecule has 6 amide bonds. The Morgan fingerprint density at radius 3 is 2.37 bits per heavy atom. The maximum Gasteiger partial charge on any atom is 0.272 e. The number of amides is 6. The molecule has 14 heteroatoms. The molecular formula is C37H54N8O6. The third-order valence-electron chi connectivity index (χ3n) is 11.1. The minimum absolute atomic E-state index is 0.0628. The summed E-state index contributed by atoms with van der Waals surface area (Å²) in [5.74, 6) is -3.07. The van der Waals surface area contributed by atoms with Crippen LogP contribution >= 0.6 is 0 Å². The van der Waals surface area contributed by atoms with E-state index < -0.39 is 53.7 Å². The first kappa shape index (κ1) is 37.9. The molecule has 51 heavy (non-hydrogen) atoms. The fraction of sp³-hybridized carbons (Fsp3) is 0.676. The van der Waals surface area contributed by atoms with Crippen LogP contribution < -0.4 is 26.6 Å². The highest BCUT2D eigenvalue weighted by Crippen LogP contribution is 2.42. The quantitative estimate of drug-likeness (QED) is 0.161. The number of hydrogen-bond acceptors (Lipinski definition) is 8. The van der Waals surface area contributed by atoms with E-state index in [2.05, 4.69) is 43.1 Å². The van der Waals surface area contributed by atoms with Gasteiger partial charge in [-0.15, -0.1) is 0 Å². The summed E-state index contributed by atoms with van der Waals surface area (Å²) in [6, 6.07) is -3.17. The van der Waals surface area contributed by atoms with E-state index in [4.69, 9.17) is 0 Å². The molecule has 5 N–H and O–H groups in total. The third-order valence-corrected chi connectivity index (χ3v) is 11.1. The Bertz CT molecular complexity index is 1430. The maximum atomic E-state index is 14.5. The summed E-state index contributed by atoms with van der Waals surface area (Å²) >= 11 is 0. The molecule has 1 aromatic rings. The van der Waals surface area contributed by atoms with Gasteiger partial charge in [0.1, 0.15) is 23.8 Å². The summed E-state index contributed by atoms with van der Waals surface area (Å²) in [6.45, 7) is 7.44. The Morgan fingerprint density at radius 1 is 0.941 bits per heavy atom. The largest absolute Gasteiger partial charge is 0.353 e. The zero-order valence-corrected chi connectivity index (χ0v) is 29.9. The highest BCUT2D eigenvalue weighted by molar-refractivity contribution is 5.98. The van der Waals surface area contributed by atoms with Crippen LogP contribution in [0.1, 0.15) is 101 Å². The molecule has 1 unspecified atom stereocenters. The minimum atomic E-state index is -1.22. The van der Waals surface area contributed by atoms with Gasteiger partial charge in [-0.2, -0.15) is 0 Å². The smallest absolute Gasteiger partial charge is 0.272 e. The van der Waals surface area contributed by atoms with Crippen molar-refractivity contribution in [2.75, 3.05) is 13.1 Å². The molecule has 4 aliphatic rings. The Labute approximate surface area is 300 Å². The van der Waals surface area contributed by atoms with E-state index in [-0.39, 0.29) is 47.8 Å². The van der Waals surface area contributed by atoms with E-state index in [1.165, 1.54) is 18.6 Å². The van der Waals surface area contributed by atoms with Gasteiger partial charge in [0.25, 0.3) is 5.91 Å². The lowest BCUT2D eigenvalue weighted by atomic mass is 9.83. The van der Waals surface area contributed by atoms with E-state index in [1.807, 2.05) is 13.8 Å². The van der Waals surface area contributed by atoms with Crippen molar-refractivity contribution >= 4 is 35.4 Å². The fourth-order valence-corrected chi connectivity index (χ4v) is 8.07. The predicted octanol–water partition coefficient (Wildman–Crippen LogP) is 1.77. The van der Waals surface area contributed by atoms with E-state index in [1.54, 1.807) is 4.90 Å². The number of rotatable bonds is 16. The average molecular weight is 707 g/mol. The SMILES string of the molecule is C=CC(=O)NC[C@H](NC(=O)[C@@H](NC(=O)c1cnccn1)C1CCCCC1)C(=O)N1C[C@@H]2CCC[C@@H]2C1C(=O)N[C@@H](CCC)[C@@H](C)C(=O)NC1CC1. The van der Waals surface area contributed by atoms with Gasteiger partial charge in [0.2, 0.25) is 29.5 Å². The monoisotopic (exact) mass is 706 g/mol. The van der Waals surface area contributed by atoms with Gasteiger partial charge >= 0.3 is 0 Å². The lowest BCUT2D eigenvalue weighted by molar-refractivity contribution is -0.143. The second-order valence-corrected chi connectivity index (χ2v) is 14.7. The molecule has 14 nitrogen and oxygen atoms in total. The topological polar surface area (TPSA) is 192 Å². The van der Waals surface area contributed by atoms with Crippen LogP contribution in [-0.4, -0.2) is 93.6 Å². The number of nitrogens with one attached hydrogen (secondary N) is 5. The summed E-state index contributed by atoms with van der Waals surface area (Å²) in [4.78, 5) is 90.9. The Morgan fingerprint density at radius 2 is 1.71 bits per heavy atom. The first-order valence-corrected chi connectivity index (χ1v) is 18.8. The maximum absolute atomic E-state index is 14.5. The molecule has 5 rings (SSSR count). The normalized spacial score (nSPS) is 23.9. The molecular weight excluding hydrogens is 652 g/mol. The molecule has 0 aromatic carbocycles. The minimum Gasteiger partial charge on any atom is -0.353 e. The second kappa shape index (κ2) is 17.7. The number of likely N-dealkylation sites (tertiary alicyclic amines) is 1. The first-order valence-electron chi connectivity index (χ1n) is 18.8. The van der Waals surface area contributed by atoms with Gasteiger partial charge in [0.05, 0.1) is 12.1 Å². The molecule has 3 aliphatic carbocycles. The predicted molar refractivity (Wildman–Crippen MR) is 188 cm³/mol. The molecule has 0 radical (unpaired) electrons. The number of carbonyl (C=O) groups is 6. The van der Waals surface area contributed by atoms with Crippen molar-refractivity contribution in [2.45, 2.75) is 121 Å². The number of nitrogens with zero attached hydrogens (tertiary/aromatic N) is 3. The Kier molecular flexibility index (Phi) is 13.2. The van der Waals surface area contributed by atoms with Crippen molar-refractivity contribution in [3.8, 4) is 0 Å². The van der Waals surface area contributed by atoms with E-state index in [0.29, 0.717) is 13.0 Å². The molecule has 0 bridgehead atoms. The number of fused-ring (bicyclic) bond motifs is 1. The van der Waals surface area contributed by atoms with Crippen LogP contribution in [0.25, 0.3) is 0 Å². The lowest BCUT2D eigenvalue weighted by Crippen LogP contribution is -2.61. The lowest BCUT2D eigenvalue weighted by Gasteiger charge is -2.34. The van der Waals surface area contributed by atoms with Crippen LogP contribution in [0.5, 0.6) is 0 Å². The number of carbonyl (C=O) groups excluding carboxylic acids is 6. The van der Waals surface area contributed by atoms with Crippen LogP contribution in [0.4, 0.5) is 0 Å². The van der Waals surface area contributed by atoms with Crippen LogP contribution in [0.2, 0.25) is 0 Å². The second-order valence-electron chi connectivity index (χ2n) is 14.7. The summed E-state index contributed by atoms with van der Waals surface area (Å²) in [5.41, 5.74) is 0.0650. The zero-order chi connectivity index (χ0) is 36.5. The first-order chi connectivity index (χ1) is 24.6. The average Bonchev–Trinajstić information content (AvgIpc) is 3.71. The molecule has 0 spiro atoms. The van der Waals surface area contributed by atoms with E-state index in [9.17, 15) is 28.8 Å². The molecule has 4 fully saturated rings. The van der Waals surface area contributed by atoms with Crippen molar-refractivity contribution in [1.82, 2.24) is 41.5 Å². The Balaban J connectivity index is 1.36. The van der Waals surface area contributed by atoms with Gasteiger partial charge in [-0.3, -0.25) is 33.8 Å². The number of aromatic nitrogens is 2.